The number of aromatic nitrogens is 6. The summed E-state index contributed by atoms with van der Waals surface area (Å²) in [6.45, 7) is 2.03. The van der Waals surface area contributed by atoms with Crippen LogP contribution in [0.4, 0.5) is 10.5 Å². The molecule has 0 bridgehead atoms. The van der Waals surface area contributed by atoms with E-state index in [4.69, 9.17) is 16.7 Å². The number of amides is 2. The van der Waals surface area contributed by atoms with Crippen molar-refractivity contribution in [2.45, 2.75) is 24.4 Å². The van der Waals surface area contributed by atoms with Crippen molar-refractivity contribution in [3.63, 3.8) is 0 Å². The minimum Gasteiger partial charge on any atom is -0.465 e. The molecule has 0 aliphatic rings. The predicted molar refractivity (Wildman–Crippen MR) is 170 cm³/mol. The molecular weight excluding hydrogens is 600 g/mol. The maximum atomic E-state index is 13.3. The lowest BCUT2D eigenvalue weighted by Crippen LogP contribution is -2.29. The summed E-state index contributed by atoms with van der Waals surface area (Å²) in [6, 6.07) is 23.5. The molecule has 3 aromatic carbocycles. The van der Waals surface area contributed by atoms with Crippen molar-refractivity contribution in [1.29, 1.82) is 0 Å². The van der Waals surface area contributed by atoms with Crippen LogP contribution < -0.4 is 10.6 Å². The molecule has 1 atom stereocenters. The van der Waals surface area contributed by atoms with Crippen LogP contribution in [0.1, 0.15) is 29.8 Å². The van der Waals surface area contributed by atoms with Crippen LogP contribution in [0, 0.1) is 0 Å². The Bertz CT molecular complexity index is 1770. The molecule has 222 valence electrons. The minimum atomic E-state index is -1.14. The molecule has 11 nitrogen and oxygen atoms in total. The van der Waals surface area contributed by atoms with E-state index < -0.39 is 12.1 Å². The van der Waals surface area contributed by atoms with Crippen LogP contribution in [0.5, 0.6) is 0 Å². The van der Waals surface area contributed by atoms with Crippen LogP contribution in [0.15, 0.2) is 96.3 Å². The van der Waals surface area contributed by atoms with Gasteiger partial charge in [-0.05, 0) is 76.2 Å². The Morgan fingerprint density at radius 2 is 1.84 bits per heavy atom. The fourth-order valence-electron chi connectivity index (χ4n) is 4.48. The third-order valence-electron chi connectivity index (χ3n) is 6.46. The van der Waals surface area contributed by atoms with Crippen molar-refractivity contribution in [2.24, 2.45) is 0 Å². The predicted octanol–water partition coefficient (Wildman–Crippen LogP) is 6.09. The molecular formula is C31H27ClN8O3S. The highest BCUT2D eigenvalue weighted by Gasteiger charge is 2.20. The first kappa shape index (κ1) is 30.4. The number of hydrogen-bond acceptors (Lipinski definition) is 8. The normalized spacial score (nSPS) is 11.8. The molecule has 5 aromatic rings. The number of tetrazole rings is 1. The van der Waals surface area contributed by atoms with Crippen molar-refractivity contribution >= 4 is 47.1 Å². The Morgan fingerprint density at radius 1 is 1.05 bits per heavy atom. The highest BCUT2D eigenvalue weighted by molar-refractivity contribution is 7.99. The Kier molecular flexibility index (Phi) is 9.95. The molecule has 44 heavy (non-hydrogen) atoms. The second-order valence-electron chi connectivity index (χ2n) is 9.47. The first-order chi connectivity index (χ1) is 21.4. The van der Waals surface area contributed by atoms with Gasteiger partial charge in [0.15, 0.2) is 0 Å². The molecule has 5 rings (SSSR count). The van der Waals surface area contributed by atoms with Gasteiger partial charge in [-0.2, -0.15) is 9.78 Å². The topological polar surface area (TPSA) is 148 Å². The third-order valence-corrected chi connectivity index (χ3v) is 7.56. The molecule has 1 unspecified atom stereocenters. The summed E-state index contributed by atoms with van der Waals surface area (Å²) in [6.07, 6.45) is 3.89. The van der Waals surface area contributed by atoms with Gasteiger partial charge in [0.25, 0.3) is 0 Å². The summed E-state index contributed by atoms with van der Waals surface area (Å²) in [7, 11) is 0. The van der Waals surface area contributed by atoms with Gasteiger partial charge in [-0.15, -0.1) is 22.0 Å². The number of rotatable bonds is 11. The third kappa shape index (κ3) is 7.85. The van der Waals surface area contributed by atoms with E-state index in [0.29, 0.717) is 34.1 Å². The second-order valence-corrected chi connectivity index (χ2v) is 11.2. The van der Waals surface area contributed by atoms with Gasteiger partial charge in [-0.3, -0.25) is 10.1 Å². The quantitative estimate of drug-likeness (QED) is 0.117. The van der Waals surface area contributed by atoms with Gasteiger partial charge >= 0.3 is 6.09 Å². The number of thioether (sulfide) groups is 1. The number of anilines is 1. The van der Waals surface area contributed by atoms with Gasteiger partial charge in [-0.1, -0.05) is 61.0 Å². The molecule has 0 saturated carbocycles. The van der Waals surface area contributed by atoms with E-state index in [1.54, 1.807) is 48.2 Å². The average Bonchev–Trinajstić information content (AvgIpc) is 3.56. The van der Waals surface area contributed by atoms with Crippen LogP contribution in [-0.2, 0) is 11.2 Å². The van der Waals surface area contributed by atoms with Crippen LogP contribution in [0.25, 0.3) is 22.9 Å². The molecule has 0 aliphatic carbocycles. The van der Waals surface area contributed by atoms with E-state index in [0.717, 1.165) is 27.5 Å². The maximum absolute atomic E-state index is 13.3. The number of carbonyl (C=O) groups excluding carboxylic acids is 1. The SMILES string of the molecule is CCSc1nnc(C(Cc2ccccc2)NC(=O)C=Cc2cc(Cl)ccc2-n2cnnn2)cc1-c1ccc(NC(=O)O)cc1. The number of nitrogens with zero attached hydrogens (tertiary/aromatic N) is 6. The summed E-state index contributed by atoms with van der Waals surface area (Å²) in [5.74, 6) is 0.443. The zero-order valence-corrected chi connectivity index (χ0v) is 25.0. The molecule has 0 radical (unpaired) electrons. The number of halogens is 1. The van der Waals surface area contributed by atoms with Gasteiger partial charge in [0, 0.05) is 27.9 Å². The first-order valence-corrected chi connectivity index (χ1v) is 14.9. The Morgan fingerprint density at radius 3 is 2.55 bits per heavy atom. The average molecular weight is 627 g/mol. The fourth-order valence-corrected chi connectivity index (χ4v) is 5.36. The van der Waals surface area contributed by atoms with E-state index >= 15 is 0 Å². The van der Waals surface area contributed by atoms with Crippen molar-refractivity contribution in [3.8, 4) is 16.8 Å². The zero-order valence-electron chi connectivity index (χ0n) is 23.5. The molecule has 0 fully saturated rings. The van der Waals surface area contributed by atoms with Gasteiger partial charge in [0.1, 0.15) is 11.4 Å². The van der Waals surface area contributed by atoms with E-state index in [1.165, 1.54) is 17.1 Å². The number of hydrogen-bond donors (Lipinski definition) is 3. The lowest BCUT2D eigenvalue weighted by Gasteiger charge is -2.19. The lowest BCUT2D eigenvalue weighted by atomic mass is 10.00. The van der Waals surface area contributed by atoms with Gasteiger partial charge < -0.3 is 10.4 Å². The van der Waals surface area contributed by atoms with Crippen molar-refractivity contribution in [1.82, 2.24) is 35.7 Å². The highest BCUT2D eigenvalue weighted by Crippen LogP contribution is 2.32. The van der Waals surface area contributed by atoms with Crippen LogP contribution >= 0.6 is 23.4 Å². The molecule has 2 heterocycles. The van der Waals surface area contributed by atoms with Crippen LogP contribution in [0.3, 0.4) is 0 Å². The Hall–Kier alpha value is -5.07. The summed E-state index contributed by atoms with van der Waals surface area (Å²) in [5, 5.41) is 36.1. The molecule has 3 N–H and O–H groups in total. The zero-order chi connectivity index (χ0) is 30.9. The van der Waals surface area contributed by atoms with Crippen LogP contribution in [0.2, 0.25) is 5.02 Å². The summed E-state index contributed by atoms with van der Waals surface area (Å²) >= 11 is 7.79. The van der Waals surface area contributed by atoms with Crippen molar-refractivity contribution in [2.75, 3.05) is 11.1 Å². The van der Waals surface area contributed by atoms with Gasteiger partial charge in [0.05, 0.1) is 17.4 Å². The number of carbonyl (C=O) groups is 2. The Labute approximate surface area is 262 Å². The molecule has 0 spiro atoms. The van der Waals surface area contributed by atoms with Crippen molar-refractivity contribution in [3.05, 3.63) is 113 Å². The molecule has 0 aliphatic heterocycles. The molecule has 0 saturated heterocycles. The number of carboxylic acid groups (broad SMARTS) is 1. The Balaban J connectivity index is 1.46. The first-order valence-electron chi connectivity index (χ1n) is 13.6. The molecule has 2 aromatic heterocycles. The standard InChI is InChI=1S/C31H27ClN8O3S/c1-2-44-30-25(21-8-12-24(13-9-21)34-31(42)43)18-27(36-37-30)26(16-20-6-4-3-5-7-20)35-29(41)15-10-22-17-23(32)11-14-28(22)40-19-33-38-39-40/h3-15,17-19,26,34H,2,16H2,1H3,(H,35,41)(H,42,43). The van der Waals surface area contributed by atoms with Crippen LogP contribution in [-0.4, -0.2) is 53.3 Å². The smallest absolute Gasteiger partial charge is 0.409 e. The monoisotopic (exact) mass is 626 g/mol. The van der Waals surface area contributed by atoms with Gasteiger partial charge in [0.2, 0.25) is 5.91 Å². The summed E-state index contributed by atoms with van der Waals surface area (Å²) in [5.41, 5.74) is 5.03. The van der Waals surface area contributed by atoms with E-state index in [-0.39, 0.29) is 5.91 Å². The molecule has 2 amide bonds. The van der Waals surface area contributed by atoms with E-state index in [1.807, 2.05) is 55.5 Å². The minimum absolute atomic E-state index is 0.340. The summed E-state index contributed by atoms with van der Waals surface area (Å²) in [4.78, 5) is 24.4. The largest absolute Gasteiger partial charge is 0.465 e. The van der Waals surface area contributed by atoms with E-state index in [9.17, 15) is 9.59 Å². The fraction of sp³-hybridized carbons (Fsp3) is 0.129. The summed E-state index contributed by atoms with van der Waals surface area (Å²) < 4.78 is 1.49. The highest BCUT2D eigenvalue weighted by atomic mass is 35.5. The lowest BCUT2D eigenvalue weighted by molar-refractivity contribution is -0.117. The number of benzene rings is 3. The van der Waals surface area contributed by atoms with Crippen molar-refractivity contribution < 1.29 is 14.7 Å². The van der Waals surface area contributed by atoms with E-state index in [2.05, 4.69) is 36.4 Å². The number of nitrogens with one attached hydrogen (secondary N) is 2. The second kappa shape index (κ2) is 14.4. The maximum Gasteiger partial charge on any atom is 0.409 e. The van der Waals surface area contributed by atoms with Gasteiger partial charge in [-0.25, -0.2) is 4.79 Å². The molecule has 13 heteroatoms.